The van der Waals surface area contributed by atoms with E-state index in [1.807, 2.05) is 0 Å². The van der Waals surface area contributed by atoms with E-state index in [4.69, 9.17) is 5.11 Å². The number of benzene rings is 1. The number of halogens is 1. The Bertz CT molecular complexity index is 657. The summed E-state index contributed by atoms with van der Waals surface area (Å²) in [5, 5.41) is 8.93. The Morgan fingerprint density at radius 1 is 1.45 bits per heavy atom. The number of nitrogens with zero attached hydrogens (tertiary/aromatic N) is 1. The number of carbonyl (C=O) groups is 1. The maximum atomic E-state index is 13.8. The molecule has 0 aromatic heterocycles. The van der Waals surface area contributed by atoms with Gasteiger partial charge in [0.05, 0.1) is 10.5 Å². The molecule has 1 saturated heterocycles. The molecule has 1 heterocycles. The van der Waals surface area contributed by atoms with E-state index < -0.39 is 21.8 Å². The van der Waals surface area contributed by atoms with Crippen molar-refractivity contribution in [2.45, 2.75) is 37.6 Å². The average molecular weight is 301 g/mol. The first-order chi connectivity index (χ1) is 9.25. The number of carboxylic acids is 1. The second-order valence-corrected chi connectivity index (χ2v) is 6.85. The zero-order chi connectivity index (χ0) is 15.1. The van der Waals surface area contributed by atoms with Gasteiger partial charge in [-0.05, 0) is 38.8 Å². The summed E-state index contributed by atoms with van der Waals surface area (Å²) in [7, 11) is -3.87. The molecule has 1 unspecified atom stereocenters. The van der Waals surface area contributed by atoms with Crippen molar-refractivity contribution in [1.29, 1.82) is 0 Å². The number of hydrogen-bond donors (Lipinski definition) is 1. The molecule has 2 rings (SSSR count). The lowest BCUT2D eigenvalue weighted by Gasteiger charge is -2.22. The first kappa shape index (κ1) is 14.9. The Morgan fingerprint density at radius 3 is 2.60 bits per heavy atom. The lowest BCUT2D eigenvalue weighted by atomic mass is 10.1. The van der Waals surface area contributed by atoms with Crippen molar-refractivity contribution in [2.75, 3.05) is 6.54 Å². The van der Waals surface area contributed by atoms with Crippen molar-refractivity contribution in [3.05, 3.63) is 29.1 Å². The van der Waals surface area contributed by atoms with E-state index in [0.29, 0.717) is 6.54 Å². The number of aromatic carboxylic acids is 1. The standard InChI is InChI=1S/C13H16FNO4S/c1-8-4-3-5-15(8)20(18,19)12-7-10(13(16)17)6-11(14)9(12)2/h6-8H,3-5H2,1-2H3,(H,16,17). The van der Waals surface area contributed by atoms with Crippen LogP contribution in [0.4, 0.5) is 4.39 Å². The molecule has 1 aliphatic rings. The van der Waals surface area contributed by atoms with Crippen LogP contribution < -0.4 is 0 Å². The van der Waals surface area contributed by atoms with Crippen molar-refractivity contribution in [3.8, 4) is 0 Å². The van der Waals surface area contributed by atoms with Gasteiger partial charge in [-0.15, -0.1) is 0 Å². The van der Waals surface area contributed by atoms with Gasteiger partial charge in [0.15, 0.2) is 0 Å². The molecule has 5 nitrogen and oxygen atoms in total. The van der Waals surface area contributed by atoms with Gasteiger partial charge in [0.1, 0.15) is 5.82 Å². The summed E-state index contributed by atoms with van der Waals surface area (Å²) in [6.45, 7) is 3.51. The Labute approximate surface area is 117 Å². The van der Waals surface area contributed by atoms with Gasteiger partial charge in [0, 0.05) is 18.2 Å². The molecule has 0 bridgehead atoms. The van der Waals surface area contributed by atoms with Gasteiger partial charge in [-0.1, -0.05) is 0 Å². The van der Waals surface area contributed by atoms with Crippen LogP contribution in [-0.2, 0) is 10.0 Å². The molecular weight excluding hydrogens is 285 g/mol. The highest BCUT2D eigenvalue weighted by Gasteiger charge is 2.34. The molecule has 0 aliphatic carbocycles. The Balaban J connectivity index is 2.59. The number of rotatable bonds is 3. The molecule has 110 valence electrons. The van der Waals surface area contributed by atoms with Gasteiger partial charge < -0.3 is 5.11 Å². The highest BCUT2D eigenvalue weighted by atomic mass is 32.2. The third-order valence-electron chi connectivity index (χ3n) is 3.62. The normalized spacial score (nSPS) is 20.2. The quantitative estimate of drug-likeness (QED) is 0.926. The third-order valence-corrected chi connectivity index (χ3v) is 5.76. The molecule has 0 saturated carbocycles. The third kappa shape index (κ3) is 2.43. The molecule has 1 atom stereocenters. The summed E-state index contributed by atoms with van der Waals surface area (Å²) < 4.78 is 40.2. The highest BCUT2D eigenvalue weighted by Crippen LogP contribution is 2.29. The van der Waals surface area contributed by atoms with E-state index >= 15 is 0 Å². The smallest absolute Gasteiger partial charge is 0.335 e. The fourth-order valence-electron chi connectivity index (χ4n) is 2.44. The minimum atomic E-state index is -3.87. The van der Waals surface area contributed by atoms with Crippen LogP contribution in [-0.4, -0.2) is 36.4 Å². The monoisotopic (exact) mass is 301 g/mol. The topological polar surface area (TPSA) is 74.7 Å². The molecule has 1 aromatic rings. The van der Waals surface area contributed by atoms with E-state index in [-0.39, 0.29) is 22.1 Å². The Kier molecular flexibility index (Phi) is 3.84. The summed E-state index contributed by atoms with van der Waals surface area (Å²) in [4.78, 5) is 10.7. The minimum Gasteiger partial charge on any atom is -0.478 e. The predicted octanol–water partition coefficient (Wildman–Crippen LogP) is 2.01. The predicted molar refractivity (Wildman–Crippen MR) is 70.7 cm³/mol. The molecule has 7 heteroatoms. The minimum absolute atomic E-state index is 0.0471. The fraction of sp³-hybridized carbons (Fsp3) is 0.462. The maximum Gasteiger partial charge on any atom is 0.335 e. The summed E-state index contributed by atoms with van der Waals surface area (Å²) in [6.07, 6.45) is 1.50. The van der Waals surface area contributed by atoms with E-state index in [1.54, 1.807) is 6.92 Å². The molecule has 1 fully saturated rings. The van der Waals surface area contributed by atoms with Crippen LogP contribution in [0.5, 0.6) is 0 Å². The highest BCUT2D eigenvalue weighted by molar-refractivity contribution is 7.89. The van der Waals surface area contributed by atoms with E-state index in [9.17, 15) is 17.6 Å². The maximum absolute atomic E-state index is 13.8. The number of sulfonamides is 1. The van der Waals surface area contributed by atoms with Crippen molar-refractivity contribution >= 4 is 16.0 Å². The van der Waals surface area contributed by atoms with Crippen LogP contribution >= 0.6 is 0 Å². The van der Waals surface area contributed by atoms with Gasteiger partial charge in [0.2, 0.25) is 10.0 Å². The van der Waals surface area contributed by atoms with Crippen molar-refractivity contribution in [1.82, 2.24) is 4.31 Å². The second kappa shape index (κ2) is 5.14. The van der Waals surface area contributed by atoms with Crippen LogP contribution in [0, 0.1) is 12.7 Å². The largest absolute Gasteiger partial charge is 0.478 e. The van der Waals surface area contributed by atoms with E-state index in [0.717, 1.165) is 25.0 Å². The van der Waals surface area contributed by atoms with Crippen LogP contribution in [0.25, 0.3) is 0 Å². The van der Waals surface area contributed by atoms with Crippen molar-refractivity contribution in [3.63, 3.8) is 0 Å². The Morgan fingerprint density at radius 2 is 2.10 bits per heavy atom. The van der Waals surface area contributed by atoms with Gasteiger partial charge in [0.25, 0.3) is 0 Å². The van der Waals surface area contributed by atoms with Gasteiger partial charge in [-0.3, -0.25) is 0 Å². The van der Waals surface area contributed by atoms with Crippen LogP contribution in [0.3, 0.4) is 0 Å². The zero-order valence-electron chi connectivity index (χ0n) is 11.3. The molecular formula is C13H16FNO4S. The van der Waals surface area contributed by atoms with Crippen LogP contribution in [0.1, 0.15) is 35.7 Å². The zero-order valence-corrected chi connectivity index (χ0v) is 12.1. The summed E-state index contributed by atoms with van der Waals surface area (Å²) in [6, 6.07) is 1.71. The SMILES string of the molecule is Cc1c(F)cc(C(=O)O)cc1S(=O)(=O)N1CCCC1C. The first-order valence-corrected chi connectivity index (χ1v) is 7.74. The average Bonchev–Trinajstić information content (AvgIpc) is 2.79. The van der Waals surface area contributed by atoms with Crippen molar-refractivity contribution in [2.24, 2.45) is 0 Å². The van der Waals surface area contributed by atoms with Crippen LogP contribution in [0.15, 0.2) is 17.0 Å². The lowest BCUT2D eigenvalue weighted by Crippen LogP contribution is -2.34. The van der Waals surface area contributed by atoms with Crippen molar-refractivity contribution < 1.29 is 22.7 Å². The van der Waals surface area contributed by atoms with Gasteiger partial charge in [-0.2, -0.15) is 4.31 Å². The summed E-state index contributed by atoms with van der Waals surface area (Å²) in [5.74, 6) is -2.18. The molecule has 0 radical (unpaired) electrons. The molecule has 20 heavy (non-hydrogen) atoms. The number of hydrogen-bond acceptors (Lipinski definition) is 3. The molecule has 1 aromatic carbocycles. The molecule has 0 amide bonds. The van der Waals surface area contributed by atoms with Gasteiger partial charge >= 0.3 is 5.97 Å². The Hall–Kier alpha value is -1.47. The molecule has 1 aliphatic heterocycles. The number of carboxylic acid groups (broad SMARTS) is 1. The lowest BCUT2D eigenvalue weighted by molar-refractivity contribution is 0.0696. The first-order valence-electron chi connectivity index (χ1n) is 6.30. The van der Waals surface area contributed by atoms with Gasteiger partial charge in [-0.25, -0.2) is 17.6 Å². The molecule has 1 N–H and O–H groups in total. The second-order valence-electron chi connectivity index (χ2n) is 4.99. The molecule has 0 spiro atoms. The summed E-state index contributed by atoms with van der Waals surface area (Å²) >= 11 is 0. The van der Waals surface area contributed by atoms with Crippen LogP contribution in [0.2, 0.25) is 0 Å². The fourth-order valence-corrected chi connectivity index (χ4v) is 4.40. The van der Waals surface area contributed by atoms with E-state index in [2.05, 4.69) is 0 Å². The summed E-state index contributed by atoms with van der Waals surface area (Å²) in [5.41, 5.74) is -0.410. The van der Waals surface area contributed by atoms with E-state index in [1.165, 1.54) is 11.2 Å².